The Kier molecular flexibility index (Phi) is 2.73. The number of nitrogens with zero attached hydrogens (tertiary/aromatic N) is 1. The van der Waals surface area contributed by atoms with Gasteiger partial charge in [-0.05, 0) is 6.92 Å². The third-order valence-electron chi connectivity index (χ3n) is 2.29. The number of amides is 3. The number of hydrogen-bond donors (Lipinski definition) is 1. The summed E-state index contributed by atoms with van der Waals surface area (Å²) in [6, 6.07) is -1.94. The minimum absolute atomic E-state index is 0.0509. The van der Waals surface area contributed by atoms with Crippen LogP contribution in [0.4, 0.5) is 13.6 Å². The van der Waals surface area contributed by atoms with Gasteiger partial charge in [-0.3, -0.25) is 10.1 Å². The number of halogens is 2. The van der Waals surface area contributed by atoms with Gasteiger partial charge in [0, 0.05) is 19.9 Å². The maximum Gasteiger partial charge on any atom is 0.324 e. The Labute approximate surface area is 80.3 Å². The normalized spacial score (nSPS) is 20.7. The van der Waals surface area contributed by atoms with Gasteiger partial charge < -0.3 is 4.90 Å². The highest BCUT2D eigenvalue weighted by Crippen LogP contribution is 2.23. The molecule has 1 rings (SSSR count). The lowest BCUT2D eigenvalue weighted by molar-refractivity contribution is -0.123. The molecular weight excluding hydrogens is 194 g/mol. The van der Waals surface area contributed by atoms with Gasteiger partial charge in [-0.25, -0.2) is 13.6 Å². The number of nitrogens with one attached hydrogen (secondary N) is 1. The molecule has 1 saturated heterocycles. The summed E-state index contributed by atoms with van der Waals surface area (Å²) in [4.78, 5) is 22.9. The molecule has 0 aromatic heterocycles. The second kappa shape index (κ2) is 3.51. The third-order valence-corrected chi connectivity index (χ3v) is 2.29. The lowest BCUT2D eigenvalue weighted by Crippen LogP contribution is -2.56. The number of carbonyl (C=O) groups excluding carboxylic acids is 2. The van der Waals surface area contributed by atoms with Crippen LogP contribution in [0.15, 0.2) is 0 Å². The zero-order valence-corrected chi connectivity index (χ0v) is 8.01. The summed E-state index contributed by atoms with van der Waals surface area (Å²) in [5.41, 5.74) is 0. The standard InChI is InChI=1S/C8H12F2N2O2/c1-5(8(2,9)10)12-4-3-6(13)11-7(12)14/h5H,3-4H2,1-2H3,(H,11,13,14). The number of rotatable bonds is 2. The van der Waals surface area contributed by atoms with Crippen molar-refractivity contribution in [3.8, 4) is 0 Å². The first-order valence-electron chi connectivity index (χ1n) is 4.30. The van der Waals surface area contributed by atoms with Gasteiger partial charge in [0.2, 0.25) is 5.91 Å². The molecule has 0 radical (unpaired) electrons. The number of imide groups is 1. The van der Waals surface area contributed by atoms with E-state index in [1.807, 2.05) is 5.32 Å². The Balaban J connectivity index is 2.70. The molecule has 1 unspecified atom stereocenters. The Hall–Kier alpha value is -1.20. The minimum Gasteiger partial charge on any atom is -0.315 e. The predicted octanol–water partition coefficient (Wildman–Crippen LogP) is 0.972. The van der Waals surface area contributed by atoms with Crippen molar-refractivity contribution in [1.29, 1.82) is 0 Å². The molecule has 4 nitrogen and oxygen atoms in total. The second-order valence-corrected chi connectivity index (χ2v) is 3.43. The first kappa shape index (κ1) is 10.9. The lowest BCUT2D eigenvalue weighted by Gasteiger charge is -2.34. The van der Waals surface area contributed by atoms with Crippen molar-refractivity contribution < 1.29 is 18.4 Å². The summed E-state index contributed by atoms with van der Waals surface area (Å²) in [6.45, 7) is 2.06. The lowest BCUT2D eigenvalue weighted by atomic mass is 10.1. The SMILES string of the molecule is CC(N1CCC(=O)NC1=O)C(C)(F)F. The molecule has 1 fully saturated rings. The van der Waals surface area contributed by atoms with Crippen molar-refractivity contribution >= 4 is 11.9 Å². The van der Waals surface area contributed by atoms with Crippen molar-refractivity contribution in [1.82, 2.24) is 10.2 Å². The molecule has 80 valence electrons. The van der Waals surface area contributed by atoms with Gasteiger partial charge in [0.15, 0.2) is 0 Å². The van der Waals surface area contributed by atoms with Gasteiger partial charge in [-0.2, -0.15) is 0 Å². The van der Waals surface area contributed by atoms with E-state index in [-0.39, 0.29) is 13.0 Å². The van der Waals surface area contributed by atoms with E-state index < -0.39 is 23.9 Å². The molecule has 0 aromatic rings. The van der Waals surface area contributed by atoms with E-state index >= 15 is 0 Å². The Morgan fingerprint density at radius 1 is 1.50 bits per heavy atom. The Bertz CT molecular complexity index is 263. The van der Waals surface area contributed by atoms with E-state index in [4.69, 9.17) is 0 Å². The zero-order valence-electron chi connectivity index (χ0n) is 8.01. The zero-order chi connectivity index (χ0) is 10.9. The van der Waals surface area contributed by atoms with Crippen LogP contribution in [-0.4, -0.2) is 35.3 Å². The fourth-order valence-corrected chi connectivity index (χ4v) is 1.22. The van der Waals surface area contributed by atoms with Crippen LogP contribution in [0, 0.1) is 0 Å². The minimum atomic E-state index is -2.96. The van der Waals surface area contributed by atoms with E-state index in [1.165, 1.54) is 6.92 Å². The van der Waals surface area contributed by atoms with Crippen molar-refractivity contribution in [3.63, 3.8) is 0 Å². The summed E-state index contributed by atoms with van der Waals surface area (Å²) in [5.74, 6) is -3.38. The highest BCUT2D eigenvalue weighted by Gasteiger charge is 2.39. The molecular formula is C8H12F2N2O2. The molecule has 1 heterocycles. The van der Waals surface area contributed by atoms with Crippen LogP contribution in [-0.2, 0) is 4.79 Å². The van der Waals surface area contributed by atoms with Gasteiger partial charge in [-0.1, -0.05) is 0 Å². The van der Waals surface area contributed by atoms with E-state index in [0.717, 1.165) is 11.8 Å². The topological polar surface area (TPSA) is 49.4 Å². The molecule has 3 amide bonds. The van der Waals surface area contributed by atoms with Crippen molar-refractivity contribution in [2.45, 2.75) is 32.2 Å². The van der Waals surface area contributed by atoms with E-state index in [0.29, 0.717) is 0 Å². The number of hydrogen-bond acceptors (Lipinski definition) is 2. The van der Waals surface area contributed by atoms with Crippen LogP contribution < -0.4 is 5.32 Å². The number of alkyl halides is 2. The van der Waals surface area contributed by atoms with Gasteiger partial charge >= 0.3 is 6.03 Å². The highest BCUT2D eigenvalue weighted by molar-refractivity contribution is 5.96. The van der Waals surface area contributed by atoms with Gasteiger partial charge in [-0.15, -0.1) is 0 Å². The summed E-state index contributed by atoms with van der Waals surface area (Å²) in [7, 11) is 0. The van der Waals surface area contributed by atoms with E-state index in [2.05, 4.69) is 0 Å². The molecule has 0 aliphatic carbocycles. The first-order valence-corrected chi connectivity index (χ1v) is 4.30. The summed E-state index contributed by atoms with van der Waals surface area (Å²) in [6.07, 6.45) is 0.0756. The largest absolute Gasteiger partial charge is 0.324 e. The van der Waals surface area contributed by atoms with Crippen LogP contribution in [0.2, 0.25) is 0 Å². The molecule has 0 bridgehead atoms. The average Bonchev–Trinajstić information content (AvgIpc) is 2.01. The Morgan fingerprint density at radius 3 is 2.50 bits per heavy atom. The quantitative estimate of drug-likeness (QED) is 0.731. The molecule has 0 aromatic carbocycles. The van der Waals surface area contributed by atoms with Gasteiger partial charge in [0.05, 0.1) is 6.04 Å². The molecule has 1 aliphatic heterocycles. The first-order chi connectivity index (χ1) is 6.32. The van der Waals surface area contributed by atoms with Crippen molar-refractivity contribution in [3.05, 3.63) is 0 Å². The molecule has 1 aliphatic rings. The monoisotopic (exact) mass is 206 g/mol. The number of urea groups is 1. The average molecular weight is 206 g/mol. The fraction of sp³-hybridized carbons (Fsp3) is 0.750. The van der Waals surface area contributed by atoms with Gasteiger partial charge in [0.25, 0.3) is 5.92 Å². The fourth-order valence-electron chi connectivity index (χ4n) is 1.22. The smallest absolute Gasteiger partial charge is 0.315 e. The second-order valence-electron chi connectivity index (χ2n) is 3.43. The van der Waals surface area contributed by atoms with Crippen LogP contribution in [0.25, 0.3) is 0 Å². The maximum atomic E-state index is 12.9. The molecule has 0 spiro atoms. The molecule has 6 heteroatoms. The van der Waals surface area contributed by atoms with Crippen LogP contribution in [0.3, 0.4) is 0 Å². The van der Waals surface area contributed by atoms with Crippen LogP contribution in [0.1, 0.15) is 20.3 Å². The van der Waals surface area contributed by atoms with Crippen LogP contribution >= 0.6 is 0 Å². The molecule has 14 heavy (non-hydrogen) atoms. The molecule has 0 saturated carbocycles. The van der Waals surface area contributed by atoms with Crippen molar-refractivity contribution in [2.75, 3.05) is 6.54 Å². The summed E-state index contributed by atoms with van der Waals surface area (Å²) < 4.78 is 25.7. The number of carbonyl (C=O) groups is 2. The predicted molar refractivity (Wildman–Crippen MR) is 44.9 cm³/mol. The Morgan fingerprint density at radius 2 is 2.07 bits per heavy atom. The summed E-state index contributed by atoms with van der Waals surface area (Å²) in [5, 5.41) is 2.00. The third kappa shape index (κ3) is 2.18. The van der Waals surface area contributed by atoms with E-state index in [9.17, 15) is 18.4 Å². The maximum absolute atomic E-state index is 12.9. The van der Waals surface area contributed by atoms with E-state index in [1.54, 1.807) is 0 Å². The molecule has 1 N–H and O–H groups in total. The molecule has 1 atom stereocenters. The van der Waals surface area contributed by atoms with Crippen LogP contribution in [0.5, 0.6) is 0 Å². The highest BCUT2D eigenvalue weighted by atomic mass is 19.3. The summed E-state index contributed by atoms with van der Waals surface area (Å²) >= 11 is 0. The van der Waals surface area contributed by atoms with Gasteiger partial charge in [0.1, 0.15) is 0 Å². The van der Waals surface area contributed by atoms with Crippen molar-refractivity contribution in [2.24, 2.45) is 0 Å².